The molecule has 0 aromatic heterocycles. The highest BCUT2D eigenvalue weighted by atomic mass is 127. The second kappa shape index (κ2) is 10.3. The molecule has 0 spiro atoms. The van der Waals surface area contributed by atoms with Gasteiger partial charge >= 0.3 is 0 Å². The minimum atomic E-state index is -3.03. The summed E-state index contributed by atoms with van der Waals surface area (Å²) < 4.78 is 29.5. The number of sulfone groups is 1. The molecule has 2 fully saturated rings. The molecule has 0 amide bonds. The van der Waals surface area contributed by atoms with Crippen molar-refractivity contribution in [1.82, 2.24) is 10.2 Å². The summed E-state index contributed by atoms with van der Waals surface area (Å²) in [6.45, 7) is 5.91. The molecule has 1 saturated heterocycles. The van der Waals surface area contributed by atoms with Crippen LogP contribution in [0.4, 0.5) is 0 Å². The fraction of sp³-hybridized carbons (Fsp3) is 0.941. The highest BCUT2D eigenvalue weighted by molar-refractivity contribution is 14.0. The molecular formula is C17H34IN3O3S. The van der Waals surface area contributed by atoms with E-state index in [-0.39, 0.29) is 29.7 Å². The maximum absolute atomic E-state index is 12.1. The quantitative estimate of drug-likeness (QED) is 0.217. The van der Waals surface area contributed by atoms with Gasteiger partial charge in [0.1, 0.15) is 0 Å². The van der Waals surface area contributed by atoms with Crippen molar-refractivity contribution in [3.05, 3.63) is 0 Å². The molecule has 1 heterocycles. The summed E-state index contributed by atoms with van der Waals surface area (Å²) in [5.41, 5.74) is 0. The second-order valence-electron chi connectivity index (χ2n) is 7.46. The summed E-state index contributed by atoms with van der Waals surface area (Å²) >= 11 is 0. The SMILES string of the molecule is CN=C(NCCOC1CCCCCC1)N1CCS(=O)(=O)C(C)(C)C1.I. The van der Waals surface area contributed by atoms with E-state index < -0.39 is 14.6 Å². The van der Waals surface area contributed by atoms with Crippen LogP contribution in [0.5, 0.6) is 0 Å². The zero-order chi connectivity index (χ0) is 17.6. The monoisotopic (exact) mass is 487 g/mol. The zero-order valence-corrected chi connectivity index (χ0v) is 18.9. The molecule has 0 aromatic rings. The number of nitrogens with one attached hydrogen (secondary N) is 1. The van der Waals surface area contributed by atoms with Gasteiger partial charge in [0.05, 0.1) is 23.2 Å². The van der Waals surface area contributed by atoms with E-state index in [1.54, 1.807) is 20.9 Å². The van der Waals surface area contributed by atoms with Gasteiger partial charge in [-0.05, 0) is 26.7 Å². The van der Waals surface area contributed by atoms with E-state index in [2.05, 4.69) is 10.3 Å². The summed E-state index contributed by atoms with van der Waals surface area (Å²) in [5, 5.41) is 3.32. The minimum Gasteiger partial charge on any atom is -0.376 e. The summed E-state index contributed by atoms with van der Waals surface area (Å²) in [5.74, 6) is 0.946. The first kappa shape index (κ1) is 23.0. The fourth-order valence-corrected chi connectivity index (χ4v) is 4.82. The third-order valence-electron chi connectivity index (χ3n) is 5.10. The summed E-state index contributed by atoms with van der Waals surface area (Å²) in [6, 6.07) is 0. The average molecular weight is 487 g/mol. The van der Waals surface area contributed by atoms with Crippen LogP contribution < -0.4 is 5.32 Å². The number of hydrogen-bond acceptors (Lipinski definition) is 4. The Labute approximate surface area is 170 Å². The molecule has 0 aromatic carbocycles. The first-order chi connectivity index (χ1) is 11.4. The van der Waals surface area contributed by atoms with Crippen LogP contribution in [0.1, 0.15) is 52.4 Å². The number of halogens is 1. The van der Waals surface area contributed by atoms with E-state index in [0.29, 0.717) is 32.3 Å². The van der Waals surface area contributed by atoms with E-state index in [0.717, 1.165) is 5.96 Å². The predicted octanol–water partition coefficient (Wildman–Crippen LogP) is 2.43. The Morgan fingerprint density at radius 2 is 1.88 bits per heavy atom. The molecule has 0 radical (unpaired) electrons. The van der Waals surface area contributed by atoms with Crippen molar-refractivity contribution in [2.24, 2.45) is 4.99 Å². The number of hydrogen-bond donors (Lipinski definition) is 1. The number of aliphatic imine (C=N–C) groups is 1. The maximum Gasteiger partial charge on any atom is 0.193 e. The van der Waals surface area contributed by atoms with Crippen LogP contribution in [0, 0.1) is 0 Å². The largest absolute Gasteiger partial charge is 0.376 e. The highest BCUT2D eigenvalue weighted by Gasteiger charge is 2.40. The fourth-order valence-electron chi connectivity index (χ4n) is 3.45. The van der Waals surface area contributed by atoms with Crippen molar-refractivity contribution in [2.45, 2.75) is 63.2 Å². The smallest absolute Gasteiger partial charge is 0.193 e. The Morgan fingerprint density at radius 1 is 1.24 bits per heavy atom. The van der Waals surface area contributed by atoms with Gasteiger partial charge in [-0.3, -0.25) is 4.99 Å². The predicted molar refractivity (Wildman–Crippen MR) is 114 cm³/mol. The molecular weight excluding hydrogens is 453 g/mol. The van der Waals surface area contributed by atoms with Crippen LogP contribution in [0.2, 0.25) is 0 Å². The summed E-state index contributed by atoms with van der Waals surface area (Å²) in [7, 11) is -1.29. The molecule has 0 unspecified atom stereocenters. The van der Waals surface area contributed by atoms with Crippen LogP contribution in [0.25, 0.3) is 0 Å². The standard InChI is InChI=1S/C17H33N3O3S.HI/c1-17(2)14-20(11-13-24(17,21)22)16(18-3)19-10-12-23-15-8-6-4-5-7-9-15;/h15H,4-14H2,1-3H3,(H,18,19);1H. The Bertz CT molecular complexity index is 529. The Balaban J connectivity index is 0.00000312. The molecule has 2 aliphatic rings. The first-order valence-electron chi connectivity index (χ1n) is 9.15. The number of guanidine groups is 1. The van der Waals surface area contributed by atoms with Gasteiger partial charge in [0.25, 0.3) is 0 Å². The Hall–Kier alpha value is -0.0900. The second-order valence-corrected chi connectivity index (χ2v) is 10.2. The lowest BCUT2D eigenvalue weighted by Gasteiger charge is -2.39. The topological polar surface area (TPSA) is 71.0 Å². The van der Waals surface area contributed by atoms with Crippen molar-refractivity contribution in [3.8, 4) is 0 Å². The molecule has 6 nitrogen and oxygen atoms in total. The van der Waals surface area contributed by atoms with E-state index >= 15 is 0 Å². The summed E-state index contributed by atoms with van der Waals surface area (Å²) in [6.07, 6.45) is 7.96. The van der Waals surface area contributed by atoms with Crippen LogP contribution in [-0.2, 0) is 14.6 Å². The molecule has 25 heavy (non-hydrogen) atoms. The van der Waals surface area contributed by atoms with Gasteiger partial charge in [-0.2, -0.15) is 0 Å². The van der Waals surface area contributed by atoms with Gasteiger partial charge in [0.2, 0.25) is 0 Å². The Morgan fingerprint density at radius 3 is 2.44 bits per heavy atom. The molecule has 1 saturated carbocycles. The maximum atomic E-state index is 12.1. The van der Waals surface area contributed by atoms with Gasteiger partial charge in [-0.25, -0.2) is 8.42 Å². The van der Waals surface area contributed by atoms with Crippen molar-refractivity contribution >= 4 is 39.8 Å². The van der Waals surface area contributed by atoms with Crippen molar-refractivity contribution in [3.63, 3.8) is 0 Å². The van der Waals surface area contributed by atoms with Crippen LogP contribution >= 0.6 is 24.0 Å². The zero-order valence-electron chi connectivity index (χ0n) is 15.8. The third-order valence-corrected chi connectivity index (χ3v) is 7.63. The van der Waals surface area contributed by atoms with E-state index in [9.17, 15) is 8.42 Å². The lowest BCUT2D eigenvalue weighted by molar-refractivity contribution is 0.0465. The molecule has 1 aliphatic carbocycles. The van der Waals surface area contributed by atoms with E-state index in [1.807, 2.05) is 4.90 Å². The third kappa shape index (κ3) is 6.53. The average Bonchev–Trinajstić information content (AvgIpc) is 2.79. The minimum absolute atomic E-state index is 0. The van der Waals surface area contributed by atoms with E-state index in [4.69, 9.17) is 4.74 Å². The van der Waals surface area contributed by atoms with Gasteiger partial charge in [-0.1, -0.05) is 25.7 Å². The van der Waals surface area contributed by atoms with Gasteiger partial charge < -0.3 is 15.0 Å². The number of rotatable bonds is 4. The van der Waals surface area contributed by atoms with Crippen LogP contribution in [-0.4, -0.2) is 69.2 Å². The first-order valence-corrected chi connectivity index (χ1v) is 10.8. The normalized spacial score (nSPS) is 24.3. The number of nitrogens with zero attached hydrogens (tertiary/aromatic N) is 2. The van der Waals surface area contributed by atoms with Crippen LogP contribution in [0.15, 0.2) is 4.99 Å². The van der Waals surface area contributed by atoms with Crippen molar-refractivity contribution in [1.29, 1.82) is 0 Å². The lowest BCUT2D eigenvalue weighted by Crippen LogP contribution is -2.57. The molecule has 2 rings (SSSR count). The van der Waals surface area contributed by atoms with Crippen LogP contribution in [0.3, 0.4) is 0 Å². The molecule has 148 valence electrons. The van der Waals surface area contributed by atoms with E-state index in [1.165, 1.54) is 38.5 Å². The molecule has 1 N–H and O–H groups in total. The highest BCUT2D eigenvalue weighted by Crippen LogP contribution is 2.23. The summed E-state index contributed by atoms with van der Waals surface area (Å²) in [4.78, 5) is 6.34. The number of ether oxygens (including phenoxy) is 1. The molecule has 1 aliphatic heterocycles. The van der Waals surface area contributed by atoms with Gasteiger partial charge in [0.15, 0.2) is 15.8 Å². The van der Waals surface area contributed by atoms with Crippen molar-refractivity contribution in [2.75, 3.05) is 39.0 Å². The lowest BCUT2D eigenvalue weighted by atomic mass is 10.1. The van der Waals surface area contributed by atoms with Crippen molar-refractivity contribution < 1.29 is 13.2 Å². The molecule has 0 bridgehead atoms. The molecule has 0 atom stereocenters. The Kier molecular flexibility index (Phi) is 9.45. The van der Waals surface area contributed by atoms with Gasteiger partial charge in [0, 0.05) is 26.7 Å². The van der Waals surface area contributed by atoms with Gasteiger partial charge in [-0.15, -0.1) is 24.0 Å². The molecule has 8 heteroatoms.